The number of hydrogen-bond donors (Lipinski definition) is 0. The third-order valence-corrected chi connectivity index (χ3v) is 6.41. The van der Waals surface area contributed by atoms with Crippen LogP contribution in [0.25, 0.3) is 0 Å². The zero-order chi connectivity index (χ0) is 19.9. The molecule has 0 radical (unpaired) electrons. The predicted octanol–water partition coefficient (Wildman–Crippen LogP) is 4.50. The lowest BCUT2D eigenvalue weighted by molar-refractivity contribution is -0.131. The maximum Gasteiger partial charge on any atom is 0.287 e. The van der Waals surface area contributed by atoms with E-state index in [1.165, 1.54) is 7.05 Å². The summed E-state index contributed by atoms with van der Waals surface area (Å²) in [5, 5.41) is -0.284. The number of halogens is 2. The van der Waals surface area contributed by atoms with E-state index >= 15 is 0 Å². The van der Waals surface area contributed by atoms with Gasteiger partial charge in [0.05, 0.1) is 12.7 Å². The van der Waals surface area contributed by atoms with Gasteiger partial charge in [-0.25, -0.2) is 0 Å². The van der Waals surface area contributed by atoms with E-state index in [2.05, 4.69) is 13.8 Å². The molecule has 7 heteroatoms. The van der Waals surface area contributed by atoms with Crippen molar-refractivity contribution < 1.29 is 19.1 Å². The number of carbonyl (C=O) groups excluding carboxylic acids is 2. The summed E-state index contributed by atoms with van der Waals surface area (Å²) in [6.45, 7) is 4.38. The van der Waals surface area contributed by atoms with E-state index in [0.29, 0.717) is 29.4 Å². The third-order valence-electron chi connectivity index (χ3n) is 5.52. The summed E-state index contributed by atoms with van der Waals surface area (Å²) in [6, 6.07) is 3.41. The molecule has 0 aliphatic carbocycles. The van der Waals surface area contributed by atoms with Crippen molar-refractivity contribution in [3.05, 3.63) is 33.3 Å². The molecular weight excluding hydrogens is 389 g/mol. The van der Waals surface area contributed by atoms with Gasteiger partial charge in [-0.2, -0.15) is 0 Å². The largest absolute Gasteiger partial charge is 0.496 e. The summed E-state index contributed by atoms with van der Waals surface area (Å²) in [6.07, 6.45) is 3.82. The molecule has 2 unspecified atom stereocenters. The molecule has 2 atom stereocenters. The Morgan fingerprint density at radius 3 is 2.56 bits per heavy atom. The van der Waals surface area contributed by atoms with Crippen LogP contribution in [0.2, 0.25) is 0 Å². The Bertz CT molecular complexity index is 836. The molecule has 5 nitrogen and oxygen atoms in total. The zero-order valence-corrected chi connectivity index (χ0v) is 17.4. The lowest BCUT2D eigenvalue weighted by Crippen LogP contribution is -2.53. The summed E-state index contributed by atoms with van der Waals surface area (Å²) in [5.74, 6) is 0.776. The summed E-state index contributed by atoms with van der Waals surface area (Å²) in [4.78, 5) is 26.6. The smallest absolute Gasteiger partial charge is 0.287 e. The fourth-order valence-electron chi connectivity index (χ4n) is 3.59. The molecule has 0 fully saturated rings. The minimum absolute atomic E-state index is 0.0950. The fourth-order valence-corrected chi connectivity index (χ4v) is 4.17. The second-order valence-corrected chi connectivity index (χ2v) is 7.85. The molecule has 146 valence electrons. The highest BCUT2D eigenvalue weighted by Crippen LogP contribution is 2.50. The number of amides is 1. The van der Waals surface area contributed by atoms with Gasteiger partial charge in [-0.15, -0.1) is 0 Å². The van der Waals surface area contributed by atoms with Crippen molar-refractivity contribution in [3.63, 3.8) is 0 Å². The van der Waals surface area contributed by atoms with Gasteiger partial charge in [0.2, 0.25) is 5.78 Å². The first-order valence-corrected chi connectivity index (χ1v) is 9.82. The summed E-state index contributed by atoms with van der Waals surface area (Å²) >= 11 is 12.3. The molecule has 1 aromatic carbocycles. The van der Waals surface area contributed by atoms with Gasteiger partial charge in [-0.3, -0.25) is 14.5 Å². The number of carbonyl (C=O) groups is 2. The van der Waals surface area contributed by atoms with E-state index in [1.807, 2.05) is 0 Å². The maximum absolute atomic E-state index is 13.2. The van der Waals surface area contributed by atoms with Crippen molar-refractivity contribution in [2.24, 2.45) is 5.92 Å². The van der Waals surface area contributed by atoms with Gasteiger partial charge in [-0.05, 0) is 30.9 Å². The van der Waals surface area contributed by atoms with Gasteiger partial charge in [0, 0.05) is 12.6 Å². The van der Waals surface area contributed by atoms with E-state index in [4.69, 9.17) is 32.7 Å². The van der Waals surface area contributed by atoms with Crippen LogP contribution >= 0.6 is 23.2 Å². The van der Waals surface area contributed by atoms with Crippen molar-refractivity contribution in [1.82, 2.24) is 4.90 Å². The summed E-state index contributed by atoms with van der Waals surface area (Å²) in [5.41, 5.74) is -0.508. The number of ether oxygens (including phenoxy) is 2. The first kappa shape index (κ1) is 20.0. The van der Waals surface area contributed by atoms with Crippen LogP contribution in [0, 0.1) is 5.92 Å². The van der Waals surface area contributed by atoms with Crippen LogP contribution in [0.15, 0.2) is 22.2 Å². The van der Waals surface area contributed by atoms with Gasteiger partial charge >= 0.3 is 0 Å². The topological polar surface area (TPSA) is 55.8 Å². The Labute approximate surface area is 169 Å². The Morgan fingerprint density at radius 1 is 1.30 bits per heavy atom. The van der Waals surface area contributed by atoms with Crippen molar-refractivity contribution in [3.8, 4) is 11.5 Å². The van der Waals surface area contributed by atoms with Gasteiger partial charge in [0.25, 0.3) is 11.6 Å². The predicted molar refractivity (Wildman–Crippen MR) is 105 cm³/mol. The average Bonchev–Trinajstić information content (AvgIpc) is 3.06. The second-order valence-electron chi connectivity index (χ2n) is 7.10. The highest BCUT2D eigenvalue weighted by atomic mass is 35.5. The normalized spacial score (nSPS) is 22.5. The lowest BCUT2D eigenvalue weighted by atomic mass is 9.96. The van der Waals surface area contributed by atoms with Crippen molar-refractivity contribution in [2.45, 2.75) is 45.3 Å². The average molecular weight is 412 g/mol. The Kier molecular flexibility index (Phi) is 5.46. The summed E-state index contributed by atoms with van der Waals surface area (Å²) in [7, 11) is 3.05. The highest BCUT2D eigenvalue weighted by Gasteiger charge is 2.61. The third kappa shape index (κ3) is 2.92. The number of benzene rings is 1. The molecule has 0 aromatic heterocycles. The van der Waals surface area contributed by atoms with E-state index in [1.54, 1.807) is 19.2 Å². The first-order valence-electron chi connectivity index (χ1n) is 9.07. The van der Waals surface area contributed by atoms with E-state index < -0.39 is 11.6 Å². The Morgan fingerprint density at radius 2 is 2.00 bits per heavy atom. The van der Waals surface area contributed by atoms with Crippen LogP contribution in [-0.4, -0.2) is 36.5 Å². The number of fused-ring (bicyclic) bond motifs is 1. The van der Waals surface area contributed by atoms with Gasteiger partial charge in [-0.1, -0.05) is 49.9 Å². The molecule has 0 bridgehead atoms. The zero-order valence-electron chi connectivity index (χ0n) is 15.9. The standard InChI is InChI=1S/C20H23Cl2NO4/c1-5-11(2)7-6-8-12-14(26-4)10-9-13-16(12)27-20(18(13)24)17(22)15(21)19(25)23(20)3/h9-11H,5-8H2,1-4H3. The monoisotopic (exact) mass is 411 g/mol. The highest BCUT2D eigenvalue weighted by molar-refractivity contribution is 6.51. The molecule has 2 heterocycles. The number of Topliss-reactive ketones (excluding diaryl/α,β-unsaturated/α-hetero) is 1. The molecule has 1 aromatic rings. The molecule has 1 spiro atoms. The molecule has 2 aliphatic rings. The number of nitrogens with zero attached hydrogens (tertiary/aromatic N) is 1. The number of likely N-dealkylation sites (N-methyl/N-ethyl adjacent to an activating group) is 1. The van der Waals surface area contributed by atoms with Crippen LogP contribution in [0.3, 0.4) is 0 Å². The fraction of sp³-hybridized carbons (Fsp3) is 0.500. The van der Waals surface area contributed by atoms with Crippen molar-refractivity contribution in [2.75, 3.05) is 14.2 Å². The Balaban J connectivity index is 2.01. The van der Waals surface area contributed by atoms with Crippen LogP contribution in [0.5, 0.6) is 11.5 Å². The number of hydrogen-bond acceptors (Lipinski definition) is 4. The van der Waals surface area contributed by atoms with Crippen LogP contribution in [-0.2, 0) is 11.2 Å². The van der Waals surface area contributed by atoms with Crippen molar-refractivity contribution >= 4 is 34.9 Å². The SMILES string of the molecule is CCC(C)CCCc1c(OC)ccc2c1OC1(C2=O)C(Cl)=C(Cl)C(=O)N1C. The lowest BCUT2D eigenvalue weighted by Gasteiger charge is -2.30. The molecule has 27 heavy (non-hydrogen) atoms. The van der Waals surface area contributed by atoms with Crippen LogP contribution < -0.4 is 9.47 Å². The molecule has 3 rings (SSSR count). The molecule has 0 saturated heterocycles. The second kappa shape index (κ2) is 7.36. The number of methoxy groups -OCH3 is 1. The van der Waals surface area contributed by atoms with Crippen LogP contribution in [0.1, 0.15) is 49.0 Å². The van der Waals surface area contributed by atoms with Crippen LogP contribution in [0.4, 0.5) is 0 Å². The first-order chi connectivity index (χ1) is 12.8. The molecule has 2 aliphatic heterocycles. The number of rotatable bonds is 6. The molecule has 0 saturated carbocycles. The quantitative estimate of drug-likeness (QED) is 0.691. The number of ketones is 1. The van der Waals surface area contributed by atoms with Crippen molar-refractivity contribution in [1.29, 1.82) is 0 Å². The molecule has 0 N–H and O–H groups in total. The van der Waals surface area contributed by atoms with E-state index in [-0.39, 0.29) is 15.8 Å². The Hall–Kier alpha value is -1.72. The molecule has 1 amide bonds. The summed E-state index contributed by atoms with van der Waals surface area (Å²) < 4.78 is 11.6. The van der Waals surface area contributed by atoms with E-state index in [0.717, 1.165) is 29.7 Å². The minimum atomic E-state index is -1.71. The van der Waals surface area contributed by atoms with E-state index in [9.17, 15) is 9.59 Å². The maximum atomic E-state index is 13.2. The molecular formula is C20H23Cl2NO4. The minimum Gasteiger partial charge on any atom is -0.496 e. The van der Waals surface area contributed by atoms with Gasteiger partial charge in [0.1, 0.15) is 21.6 Å². The van der Waals surface area contributed by atoms with Gasteiger partial charge < -0.3 is 9.47 Å². The van der Waals surface area contributed by atoms with Gasteiger partial charge in [0.15, 0.2) is 0 Å².